The molecule has 0 saturated heterocycles. The maximum absolute atomic E-state index is 6.46. The van der Waals surface area contributed by atoms with Gasteiger partial charge in [0.25, 0.3) is 0 Å². The van der Waals surface area contributed by atoms with E-state index < -0.39 is 0 Å². The van der Waals surface area contributed by atoms with Crippen LogP contribution in [-0.4, -0.2) is 38.0 Å². The molecule has 2 aromatic carbocycles. The van der Waals surface area contributed by atoms with Gasteiger partial charge < -0.3 is 9.80 Å². The number of hydrogen-bond donors (Lipinski definition) is 0. The van der Waals surface area contributed by atoms with Crippen molar-refractivity contribution in [2.75, 3.05) is 28.2 Å². The Bertz CT molecular complexity index is 570. The van der Waals surface area contributed by atoms with E-state index in [9.17, 15) is 0 Å². The van der Waals surface area contributed by atoms with Gasteiger partial charge in [0.2, 0.25) is 0 Å². The smallest absolute Gasteiger partial charge is 0.0555 e. The molecule has 118 valence electrons. The van der Waals surface area contributed by atoms with Crippen LogP contribution in [0.5, 0.6) is 0 Å². The summed E-state index contributed by atoms with van der Waals surface area (Å²) in [4.78, 5) is 4.38. The van der Waals surface area contributed by atoms with Gasteiger partial charge in [-0.1, -0.05) is 59.6 Å². The largest absolute Gasteiger partial charge is 0.301 e. The molecule has 0 aliphatic heterocycles. The Balaban J connectivity index is 2.57. The molecule has 0 radical (unpaired) electrons. The van der Waals surface area contributed by atoms with Crippen LogP contribution in [0.15, 0.2) is 48.5 Å². The van der Waals surface area contributed by atoms with Gasteiger partial charge in [0.1, 0.15) is 0 Å². The molecule has 0 fully saturated rings. The van der Waals surface area contributed by atoms with Crippen molar-refractivity contribution in [3.8, 4) is 0 Å². The van der Waals surface area contributed by atoms with Crippen LogP contribution in [0.4, 0.5) is 0 Å². The Morgan fingerprint density at radius 1 is 0.636 bits per heavy atom. The highest BCUT2D eigenvalue weighted by Crippen LogP contribution is 2.41. The van der Waals surface area contributed by atoms with Crippen molar-refractivity contribution in [1.29, 1.82) is 0 Å². The molecular weight excluding hydrogens is 315 g/mol. The van der Waals surface area contributed by atoms with Crippen LogP contribution < -0.4 is 0 Å². The van der Waals surface area contributed by atoms with Crippen LogP contribution in [0, 0.1) is 0 Å². The number of benzene rings is 2. The summed E-state index contributed by atoms with van der Waals surface area (Å²) in [5.41, 5.74) is 2.21. The topological polar surface area (TPSA) is 6.48 Å². The van der Waals surface area contributed by atoms with Gasteiger partial charge in [-0.05, 0) is 51.5 Å². The van der Waals surface area contributed by atoms with Gasteiger partial charge in [0.05, 0.1) is 12.1 Å². The van der Waals surface area contributed by atoms with Gasteiger partial charge in [-0.25, -0.2) is 0 Å². The average Bonchev–Trinajstić information content (AvgIpc) is 2.46. The van der Waals surface area contributed by atoms with Crippen molar-refractivity contribution in [3.05, 3.63) is 69.7 Å². The van der Waals surface area contributed by atoms with E-state index in [1.165, 1.54) is 0 Å². The molecule has 4 heteroatoms. The molecule has 2 nitrogen and oxygen atoms in total. The summed E-state index contributed by atoms with van der Waals surface area (Å²) in [6.45, 7) is 0. The summed E-state index contributed by atoms with van der Waals surface area (Å²) in [6, 6.07) is 16.2. The molecule has 0 spiro atoms. The lowest BCUT2D eigenvalue weighted by atomic mass is 9.91. The quantitative estimate of drug-likeness (QED) is 0.766. The summed E-state index contributed by atoms with van der Waals surface area (Å²) >= 11 is 12.9. The summed E-state index contributed by atoms with van der Waals surface area (Å²) < 4.78 is 0. The molecule has 0 unspecified atom stereocenters. The molecule has 2 aromatic rings. The highest BCUT2D eigenvalue weighted by Gasteiger charge is 2.31. The molecule has 0 aliphatic rings. The van der Waals surface area contributed by atoms with Crippen molar-refractivity contribution in [2.45, 2.75) is 12.1 Å². The normalized spacial score (nSPS) is 14.4. The van der Waals surface area contributed by atoms with Crippen LogP contribution in [0.1, 0.15) is 23.2 Å². The molecule has 2 rings (SSSR count). The fourth-order valence-electron chi connectivity index (χ4n) is 2.89. The van der Waals surface area contributed by atoms with Crippen molar-refractivity contribution < 1.29 is 0 Å². The molecule has 22 heavy (non-hydrogen) atoms. The Morgan fingerprint density at radius 3 is 1.23 bits per heavy atom. The average molecular weight is 337 g/mol. The fourth-order valence-corrected chi connectivity index (χ4v) is 3.39. The first-order valence-corrected chi connectivity index (χ1v) is 8.00. The first-order chi connectivity index (χ1) is 10.4. The van der Waals surface area contributed by atoms with Crippen LogP contribution in [0.2, 0.25) is 10.0 Å². The van der Waals surface area contributed by atoms with E-state index in [1.807, 2.05) is 36.4 Å². The predicted molar refractivity (Wildman–Crippen MR) is 95.8 cm³/mol. The van der Waals surface area contributed by atoms with Crippen molar-refractivity contribution in [1.82, 2.24) is 9.80 Å². The SMILES string of the molecule is CN(C)[C@H](c1ccccc1Cl)[C@H](c1ccccc1Cl)N(C)C. The minimum absolute atomic E-state index is 0.101. The summed E-state index contributed by atoms with van der Waals surface area (Å²) in [5.74, 6) is 0. The lowest BCUT2D eigenvalue weighted by Crippen LogP contribution is -2.34. The lowest BCUT2D eigenvalue weighted by molar-refractivity contribution is 0.152. The Hall–Kier alpha value is -1.06. The lowest BCUT2D eigenvalue weighted by Gasteiger charge is -2.38. The standard InChI is InChI=1S/C18H22Cl2N2/c1-21(2)17(13-9-5-7-11-15(13)19)18(22(3)4)14-10-6-8-12-16(14)20/h5-12,17-18H,1-4H3/t17-,18+. The molecule has 0 heterocycles. The molecule has 0 saturated carbocycles. The van der Waals surface area contributed by atoms with E-state index in [1.54, 1.807) is 0 Å². The summed E-state index contributed by atoms with van der Waals surface area (Å²) in [5, 5.41) is 1.56. The minimum atomic E-state index is 0.101. The van der Waals surface area contributed by atoms with Crippen LogP contribution >= 0.6 is 23.2 Å². The zero-order valence-electron chi connectivity index (χ0n) is 13.4. The van der Waals surface area contributed by atoms with Crippen molar-refractivity contribution >= 4 is 23.2 Å². The monoisotopic (exact) mass is 336 g/mol. The van der Waals surface area contributed by atoms with Crippen LogP contribution in [-0.2, 0) is 0 Å². The van der Waals surface area contributed by atoms with Gasteiger partial charge in [0, 0.05) is 10.0 Å². The fraction of sp³-hybridized carbons (Fsp3) is 0.333. The van der Waals surface area contributed by atoms with Crippen molar-refractivity contribution in [3.63, 3.8) is 0 Å². The number of likely N-dealkylation sites (N-methyl/N-ethyl adjacent to an activating group) is 2. The van der Waals surface area contributed by atoms with Gasteiger partial charge in [0.15, 0.2) is 0 Å². The van der Waals surface area contributed by atoms with E-state index in [0.29, 0.717) is 0 Å². The third-order valence-corrected chi connectivity index (χ3v) is 4.55. The first-order valence-electron chi connectivity index (χ1n) is 7.25. The van der Waals surface area contributed by atoms with Gasteiger partial charge in [-0.2, -0.15) is 0 Å². The predicted octanol–water partition coefficient (Wildman–Crippen LogP) is 4.90. The maximum atomic E-state index is 6.46. The number of rotatable bonds is 5. The van der Waals surface area contributed by atoms with E-state index >= 15 is 0 Å². The third-order valence-electron chi connectivity index (χ3n) is 3.86. The molecule has 0 aliphatic carbocycles. The molecule has 0 amide bonds. The first kappa shape index (κ1) is 17.3. The number of nitrogens with zero attached hydrogens (tertiary/aromatic N) is 2. The zero-order valence-corrected chi connectivity index (χ0v) is 14.9. The van der Waals surface area contributed by atoms with Gasteiger partial charge >= 0.3 is 0 Å². The molecule has 0 bridgehead atoms. The number of halogens is 2. The van der Waals surface area contributed by atoms with Gasteiger partial charge in [-0.3, -0.25) is 0 Å². The van der Waals surface area contributed by atoms with Crippen molar-refractivity contribution in [2.24, 2.45) is 0 Å². The highest BCUT2D eigenvalue weighted by atomic mass is 35.5. The second kappa shape index (κ2) is 7.47. The van der Waals surface area contributed by atoms with Gasteiger partial charge in [-0.15, -0.1) is 0 Å². The number of hydrogen-bond acceptors (Lipinski definition) is 2. The summed E-state index contributed by atoms with van der Waals surface area (Å²) in [7, 11) is 8.28. The van der Waals surface area contributed by atoms with E-state index in [0.717, 1.165) is 21.2 Å². The molecule has 0 aromatic heterocycles. The Labute approximate surface area is 143 Å². The van der Waals surface area contributed by atoms with Crippen LogP contribution in [0.3, 0.4) is 0 Å². The Morgan fingerprint density at radius 2 is 0.955 bits per heavy atom. The van der Waals surface area contributed by atoms with E-state index in [2.05, 4.69) is 50.1 Å². The van der Waals surface area contributed by atoms with E-state index in [4.69, 9.17) is 23.2 Å². The summed E-state index contributed by atoms with van der Waals surface area (Å²) in [6.07, 6.45) is 0. The zero-order chi connectivity index (χ0) is 16.3. The molecular formula is C18H22Cl2N2. The van der Waals surface area contributed by atoms with E-state index in [-0.39, 0.29) is 12.1 Å². The molecule has 0 N–H and O–H groups in total. The maximum Gasteiger partial charge on any atom is 0.0555 e. The second-order valence-corrected chi connectivity index (χ2v) is 6.67. The second-order valence-electron chi connectivity index (χ2n) is 5.86. The Kier molecular flexibility index (Phi) is 5.87. The highest BCUT2D eigenvalue weighted by molar-refractivity contribution is 6.31. The minimum Gasteiger partial charge on any atom is -0.301 e. The third kappa shape index (κ3) is 3.64. The van der Waals surface area contributed by atoms with Crippen LogP contribution in [0.25, 0.3) is 0 Å². The molecule has 2 atom stereocenters.